The number of halogens is 2. The first-order chi connectivity index (χ1) is 8.09. The van der Waals surface area contributed by atoms with Crippen LogP contribution in [0.1, 0.15) is 23.2 Å². The van der Waals surface area contributed by atoms with E-state index in [0.29, 0.717) is 19.4 Å². The minimum atomic E-state index is -1.13. The van der Waals surface area contributed by atoms with Crippen molar-refractivity contribution in [2.75, 3.05) is 13.1 Å². The lowest BCUT2D eigenvalue weighted by molar-refractivity contribution is 0.0469. The van der Waals surface area contributed by atoms with Crippen molar-refractivity contribution in [1.29, 1.82) is 0 Å². The van der Waals surface area contributed by atoms with Crippen LogP contribution in [0.5, 0.6) is 0 Å². The van der Waals surface area contributed by atoms with Crippen molar-refractivity contribution in [3.63, 3.8) is 0 Å². The van der Waals surface area contributed by atoms with Crippen LogP contribution in [0.2, 0.25) is 0 Å². The minimum absolute atomic E-state index is 0.175. The molecule has 0 saturated carbocycles. The van der Waals surface area contributed by atoms with Gasteiger partial charge in [-0.05, 0) is 25.0 Å². The molecule has 1 fully saturated rings. The van der Waals surface area contributed by atoms with Crippen molar-refractivity contribution < 1.29 is 18.7 Å². The van der Waals surface area contributed by atoms with Crippen LogP contribution >= 0.6 is 0 Å². The molecule has 1 amide bonds. The number of amides is 1. The quantitative estimate of drug-likeness (QED) is 0.810. The molecule has 1 aliphatic heterocycles. The zero-order valence-corrected chi connectivity index (χ0v) is 9.20. The van der Waals surface area contributed by atoms with Gasteiger partial charge in [-0.1, -0.05) is 6.07 Å². The number of hydrogen-bond donors (Lipinski definition) is 1. The topological polar surface area (TPSA) is 40.5 Å². The van der Waals surface area contributed by atoms with Crippen molar-refractivity contribution in [1.82, 2.24) is 4.90 Å². The molecule has 1 unspecified atom stereocenters. The maximum atomic E-state index is 13.4. The van der Waals surface area contributed by atoms with E-state index in [9.17, 15) is 18.7 Å². The molecule has 1 aliphatic rings. The summed E-state index contributed by atoms with van der Waals surface area (Å²) >= 11 is 0. The first-order valence-electron chi connectivity index (χ1n) is 5.51. The lowest BCUT2D eigenvalue weighted by atomic mass is 10.1. The number of carbonyl (C=O) groups excluding carboxylic acids is 1. The van der Waals surface area contributed by atoms with Gasteiger partial charge in [0.1, 0.15) is 0 Å². The molecule has 17 heavy (non-hydrogen) atoms. The highest BCUT2D eigenvalue weighted by Gasteiger charge is 2.25. The summed E-state index contributed by atoms with van der Waals surface area (Å²) in [6.07, 6.45) is 0.725. The molecule has 5 heteroatoms. The fraction of sp³-hybridized carbons (Fsp3) is 0.417. The van der Waals surface area contributed by atoms with Crippen LogP contribution in [0, 0.1) is 11.6 Å². The van der Waals surface area contributed by atoms with Crippen LogP contribution in [0.3, 0.4) is 0 Å². The second kappa shape index (κ2) is 4.79. The average molecular weight is 241 g/mol. The van der Waals surface area contributed by atoms with Gasteiger partial charge in [0.2, 0.25) is 0 Å². The van der Waals surface area contributed by atoms with Crippen molar-refractivity contribution in [3.05, 3.63) is 35.4 Å². The zero-order valence-electron chi connectivity index (χ0n) is 9.20. The summed E-state index contributed by atoms with van der Waals surface area (Å²) < 4.78 is 26.4. The molecule has 0 spiro atoms. The van der Waals surface area contributed by atoms with Gasteiger partial charge in [0, 0.05) is 13.1 Å². The number of hydrogen-bond acceptors (Lipinski definition) is 2. The van der Waals surface area contributed by atoms with Crippen LogP contribution in [0.4, 0.5) is 8.78 Å². The number of aliphatic hydroxyl groups excluding tert-OH is 1. The largest absolute Gasteiger partial charge is 0.391 e. The number of likely N-dealkylation sites (tertiary alicyclic amines) is 1. The van der Waals surface area contributed by atoms with Crippen molar-refractivity contribution in [2.24, 2.45) is 0 Å². The minimum Gasteiger partial charge on any atom is -0.391 e. The van der Waals surface area contributed by atoms with Gasteiger partial charge in [0.25, 0.3) is 5.91 Å². The van der Waals surface area contributed by atoms with Gasteiger partial charge in [0.05, 0.1) is 11.7 Å². The van der Waals surface area contributed by atoms with Gasteiger partial charge >= 0.3 is 0 Å². The van der Waals surface area contributed by atoms with E-state index in [2.05, 4.69) is 0 Å². The van der Waals surface area contributed by atoms with Crippen molar-refractivity contribution in [2.45, 2.75) is 18.9 Å². The number of rotatable bonds is 1. The number of aliphatic hydroxyl groups is 1. The summed E-state index contributed by atoms with van der Waals surface area (Å²) in [7, 11) is 0. The molecule has 0 bridgehead atoms. The van der Waals surface area contributed by atoms with E-state index in [0.717, 1.165) is 6.07 Å². The Morgan fingerprint density at radius 2 is 2.18 bits per heavy atom. The van der Waals surface area contributed by atoms with Crippen LogP contribution in [0.25, 0.3) is 0 Å². The van der Waals surface area contributed by atoms with Gasteiger partial charge in [-0.3, -0.25) is 4.79 Å². The van der Waals surface area contributed by atoms with Gasteiger partial charge in [-0.15, -0.1) is 0 Å². The predicted molar refractivity (Wildman–Crippen MR) is 57.5 cm³/mol. The Hall–Kier alpha value is -1.49. The lowest BCUT2D eigenvalue weighted by Crippen LogP contribution is -2.42. The monoisotopic (exact) mass is 241 g/mol. The van der Waals surface area contributed by atoms with Crippen LogP contribution < -0.4 is 0 Å². The molecule has 1 saturated heterocycles. The number of nitrogens with zero attached hydrogens (tertiary/aromatic N) is 1. The van der Waals surface area contributed by atoms with Gasteiger partial charge in [-0.25, -0.2) is 8.78 Å². The summed E-state index contributed by atoms with van der Waals surface area (Å²) in [6, 6.07) is 3.52. The Morgan fingerprint density at radius 3 is 2.88 bits per heavy atom. The second-order valence-electron chi connectivity index (χ2n) is 4.15. The van der Waals surface area contributed by atoms with Gasteiger partial charge < -0.3 is 10.0 Å². The van der Waals surface area contributed by atoms with E-state index in [1.54, 1.807) is 0 Å². The third kappa shape index (κ3) is 2.44. The van der Waals surface area contributed by atoms with Gasteiger partial charge in [-0.2, -0.15) is 0 Å². The molecule has 0 aromatic heterocycles. The van der Waals surface area contributed by atoms with E-state index in [4.69, 9.17) is 0 Å². The average Bonchev–Trinajstić information content (AvgIpc) is 2.32. The van der Waals surface area contributed by atoms with Crippen LogP contribution in [-0.2, 0) is 0 Å². The summed E-state index contributed by atoms with van der Waals surface area (Å²) in [5, 5.41) is 9.44. The molecule has 2 rings (SSSR count). The summed E-state index contributed by atoms with van der Waals surface area (Å²) in [6.45, 7) is 0.640. The fourth-order valence-corrected chi connectivity index (χ4v) is 1.98. The Bertz CT molecular complexity index is 437. The molecule has 1 N–H and O–H groups in total. The summed E-state index contributed by atoms with van der Waals surface area (Å²) in [4.78, 5) is 13.3. The van der Waals surface area contributed by atoms with E-state index in [-0.39, 0.29) is 12.1 Å². The molecular weight excluding hydrogens is 228 g/mol. The summed E-state index contributed by atoms with van der Waals surface area (Å²) in [5.74, 6) is -2.73. The fourth-order valence-electron chi connectivity index (χ4n) is 1.98. The molecule has 1 aromatic carbocycles. The lowest BCUT2D eigenvalue weighted by Gasteiger charge is -2.30. The molecule has 92 valence electrons. The Morgan fingerprint density at radius 1 is 1.41 bits per heavy atom. The first kappa shape index (κ1) is 12.0. The first-order valence-corrected chi connectivity index (χ1v) is 5.51. The third-order valence-corrected chi connectivity index (χ3v) is 2.87. The molecule has 0 radical (unpaired) electrons. The number of carbonyl (C=O) groups is 1. The molecule has 1 aromatic rings. The normalized spacial score (nSPS) is 20.4. The van der Waals surface area contributed by atoms with E-state index >= 15 is 0 Å². The summed E-state index contributed by atoms with van der Waals surface area (Å²) in [5.41, 5.74) is -0.279. The van der Waals surface area contributed by atoms with Crippen molar-refractivity contribution >= 4 is 5.91 Å². The number of β-amino-alcohol motifs (C(OH)–C–C–N with tert-alkyl or cyclic N) is 1. The molecular formula is C12H13F2NO2. The maximum absolute atomic E-state index is 13.4. The second-order valence-corrected chi connectivity index (χ2v) is 4.15. The molecule has 3 nitrogen and oxygen atoms in total. The molecule has 1 atom stereocenters. The van der Waals surface area contributed by atoms with E-state index in [1.165, 1.54) is 17.0 Å². The Balaban J connectivity index is 2.22. The van der Waals surface area contributed by atoms with E-state index < -0.39 is 23.6 Å². The van der Waals surface area contributed by atoms with E-state index in [1.807, 2.05) is 0 Å². The van der Waals surface area contributed by atoms with Gasteiger partial charge in [0.15, 0.2) is 11.6 Å². The Labute approximate surface area is 97.7 Å². The standard InChI is InChI=1S/C12H13F2NO2/c13-10-5-1-4-9(11(10)14)12(17)15-6-2-3-8(16)7-15/h1,4-5,8,16H,2-3,6-7H2. The highest BCUT2D eigenvalue weighted by molar-refractivity contribution is 5.94. The SMILES string of the molecule is O=C(c1cccc(F)c1F)N1CCCC(O)C1. The molecule has 0 aliphatic carbocycles. The predicted octanol–water partition coefficient (Wildman–Crippen LogP) is 1.56. The van der Waals surface area contributed by atoms with Crippen molar-refractivity contribution in [3.8, 4) is 0 Å². The molecule has 1 heterocycles. The smallest absolute Gasteiger partial charge is 0.257 e. The van der Waals surface area contributed by atoms with Crippen LogP contribution in [0.15, 0.2) is 18.2 Å². The number of benzene rings is 1. The zero-order chi connectivity index (χ0) is 12.4. The Kier molecular flexibility index (Phi) is 3.38. The van der Waals surface area contributed by atoms with Crippen LogP contribution in [-0.4, -0.2) is 35.1 Å². The number of piperidine rings is 1. The highest BCUT2D eigenvalue weighted by atomic mass is 19.2. The highest BCUT2D eigenvalue weighted by Crippen LogP contribution is 2.17. The third-order valence-electron chi connectivity index (χ3n) is 2.87. The maximum Gasteiger partial charge on any atom is 0.257 e.